The molecule has 2 N–H and O–H groups in total. The van der Waals surface area contributed by atoms with Crippen LogP contribution in [0.1, 0.15) is 5.82 Å². The van der Waals surface area contributed by atoms with Gasteiger partial charge in [-0.25, -0.2) is 9.97 Å². The van der Waals surface area contributed by atoms with E-state index in [1.165, 1.54) is 0 Å². The van der Waals surface area contributed by atoms with E-state index in [-0.39, 0.29) is 0 Å². The van der Waals surface area contributed by atoms with Crippen molar-refractivity contribution < 1.29 is 0 Å². The number of aromatic nitrogens is 2. The average Bonchev–Trinajstić information content (AvgIpc) is 2.17. The zero-order valence-corrected chi connectivity index (χ0v) is 9.39. The molecule has 1 aromatic carbocycles. The van der Waals surface area contributed by atoms with E-state index in [4.69, 9.17) is 28.9 Å². The molecule has 78 valence electrons. The number of hydrogen-bond acceptors (Lipinski definition) is 3. The molecule has 0 unspecified atom stereocenters. The molecule has 2 rings (SSSR count). The van der Waals surface area contributed by atoms with E-state index in [9.17, 15) is 0 Å². The number of fused-ring (bicyclic) bond motifs is 1. The van der Waals surface area contributed by atoms with Crippen molar-refractivity contribution in [2.75, 3.05) is 6.54 Å². The molecule has 0 bridgehead atoms. The zero-order chi connectivity index (χ0) is 10.8. The van der Waals surface area contributed by atoms with Gasteiger partial charge >= 0.3 is 0 Å². The maximum atomic E-state index is 6.02. The summed E-state index contributed by atoms with van der Waals surface area (Å²) >= 11 is 11.9. The Morgan fingerprint density at radius 2 is 2.00 bits per heavy atom. The fraction of sp³-hybridized carbons (Fsp3) is 0.200. The quantitative estimate of drug-likeness (QED) is 0.823. The van der Waals surface area contributed by atoms with Crippen molar-refractivity contribution in [1.82, 2.24) is 9.97 Å². The molecule has 1 heterocycles. The Hall–Kier alpha value is -0.900. The summed E-state index contributed by atoms with van der Waals surface area (Å²) in [6.07, 6.45) is 0.613. The van der Waals surface area contributed by atoms with Crippen LogP contribution in [0.2, 0.25) is 10.2 Å². The standard InChI is InChI=1S/C10H9Cl2N3/c11-6-1-2-7-8(5-6)14-9(3-4-13)15-10(7)12/h1-2,5H,3-4,13H2. The van der Waals surface area contributed by atoms with Gasteiger partial charge in [0.1, 0.15) is 11.0 Å². The molecule has 0 aliphatic carbocycles. The maximum absolute atomic E-state index is 6.02. The Labute approximate surface area is 97.2 Å². The van der Waals surface area contributed by atoms with Gasteiger partial charge in [-0.2, -0.15) is 0 Å². The molecule has 0 aliphatic heterocycles. The molecule has 5 heteroatoms. The average molecular weight is 242 g/mol. The first-order valence-corrected chi connectivity index (χ1v) is 5.28. The molecular formula is C10H9Cl2N3. The highest BCUT2D eigenvalue weighted by molar-refractivity contribution is 6.35. The second kappa shape index (κ2) is 4.31. The van der Waals surface area contributed by atoms with Gasteiger partial charge in [0.2, 0.25) is 0 Å². The lowest BCUT2D eigenvalue weighted by atomic mass is 10.2. The zero-order valence-electron chi connectivity index (χ0n) is 7.87. The fourth-order valence-corrected chi connectivity index (χ4v) is 1.77. The Morgan fingerprint density at radius 3 is 2.73 bits per heavy atom. The summed E-state index contributed by atoms with van der Waals surface area (Å²) in [5, 5.41) is 1.89. The van der Waals surface area contributed by atoms with Crippen LogP contribution in [0.3, 0.4) is 0 Å². The minimum atomic E-state index is 0.445. The first-order chi connectivity index (χ1) is 7.20. The van der Waals surface area contributed by atoms with Gasteiger partial charge in [-0.3, -0.25) is 0 Å². The van der Waals surface area contributed by atoms with E-state index in [0.717, 1.165) is 10.9 Å². The smallest absolute Gasteiger partial charge is 0.140 e. The second-order valence-electron chi connectivity index (χ2n) is 3.13. The number of hydrogen-bond donors (Lipinski definition) is 1. The third-order valence-electron chi connectivity index (χ3n) is 2.03. The molecule has 0 atom stereocenters. The minimum Gasteiger partial charge on any atom is -0.330 e. The highest BCUT2D eigenvalue weighted by Crippen LogP contribution is 2.23. The van der Waals surface area contributed by atoms with Crippen molar-refractivity contribution >= 4 is 34.1 Å². The van der Waals surface area contributed by atoms with Crippen LogP contribution in [0.4, 0.5) is 0 Å². The topological polar surface area (TPSA) is 51.8 Å². The monoisotopic (exact) mass is 241 g/mol. The summed E-state index contributed by atoms with van der Waals surface area (Å²) < 4.78 is 0. The lowest BCUT2D eigenvalue weighted by molar-refractivity contribution is 0.879. The molecule has 3 nitrogen and oxygen atoms in total. The summed E-state index contributed by atoms with van der Waals surface area (Å²) in [7, 11) is 0. The van der Waals surface area contributed by atoms with E-state index in [0.29, 0.717) is 29.0 Å². The first-order valence-electron chi connectivity index (χ1n) is 4.52. The van der Waals surface area contributed by atoms with Crippen molar-refractivity contribution in [3.63, 3.8) is 0 Å². The minimum absolute atomic E-state index is 0.445. The largest absolute Gasteiger partial charge is 0.330 e. The molecule has 0 spiro atoms. The van der Waals surface area contributed by atoms with Crippen LogP contribution in [-0.4, -0.2) is 16.5 Å². The van der Waals surface area contributed by atoms with Crippen molar-refractivity contribution in [3.8, 4) is 0 Å². The molecule has 0 amide bonds. The van der Waals surface area contributed by atoms with Gasteiger partial charge in [0, 0.05) is 16.8 Å². The SMILES string of the molecule is NCCc1nc(Cl)c2ccc(Cl)cc2n1. The summed E-state index contributed by atoms with van der Waals surface area (Å²) in [5.74, 6) is 0.650. The van der Waals surface area contributed by atoms with Gasteiger partial charge < -0.3 is 5.73 Å². The lowest BCUT2D eigenvalue weighted by Gasteiger charge is -2.03. The predicted molar refractivity (Wildman–Crippen MR) is 62.3 cm³/mol. The summed E-state index contributed by atoms with van der Waals surface area (Å²) in [6, 6.07) is 5.35. The molecule has 0 aliphatic rings. The van der Waals surface area contributed by atoms with Crippen LogP contribution >= 0.6 is 23.2 Å². The van der Waals surface area contributed by atoms with Gasteiger partial charge in [0.25, 0.3) is 0 Å². The lowest BCUT2D eigenvalue weighted by Crippen LogP contribution is -2.06. The van der Waals surface area contributed by atoms with Gasteiger partial charge in [-0.1, -0.05) is 23.2 Å². The maximum Gasteiger partial charge on any atom is 0.140 e. The van der Waals surface area contributed by atoms with Crippen LogP contribution in [0.25, 0.3) is 10.9 Å². The van der Waals surface area contributed by atoms with Crippen LogP contribution in [0.5, 0.6) is 0 Å². The number of halogens is 2. The Morgan fingerprint density at radius 1 is 1.20 bits per heavy atom. The van der Waals surface area contributed by atoms with Gasteiger partial charge in [-0.15, -0.1) is 0 Å². The van der Waals surface area contributed by atoms with Crippen LogP contribution in [0, 0.1) is 0 Å². The van der Waals surface area contributed by atoms with Crippen LogP contribution in [-0.2, 0) is 6.42 Å². The number of nitrogens with two attached hydrogens (primary N) is 1. The molecule has 0 saturated heterocycles. The van der Waals surface area contributed by atoms with Gasteiger partial charge in [0.05, 0.1) is 5.52 Å². The number of rotatable bonds is 2. The predicted octanol–water partition coefficient (Wildman–Crippen LogP) is 2.44. The summed E-state index contributed by atoms with van der Waals surface area (Å²) in [6.45, 7) is 0.502. The van der Waals surface area contributed by atoms with E-state index in [1.807, 2.05) is 6.07 Å². The van der Waals surface area contributed by atoms with E-state index in [2.05, 4.69) is 9.97 Å². The normalized spacial score (nSPS) is 10.9. The molecular weight excluding hydrogens is 233 g/mol. The summed E-state index contributed by atoms with van der Waals surface area (Å²) in [4.78, 5) is 8.48. The van der Waals surface area contributed by atoms with Crippen LogP contribution in [0.15, 0.2) is 18.2 Å². The van der Waals surface area contributed by atoms with Gasteiger partial charge in [0.15, 0.2) is 0 Å². The van der Waals surface area contributed by atoms with Crippen molar-refractivity contribution in [3.05, 3.63) is 34.2 Å². The van der Waals surface area contributed by atoms with Gasteiger partial charge in [-0.05, 0) is 24.7 Å². The van der Waals surface area contributed by atoms with E-state index >= 15 is 0 Å². The Bertz CT molecular complexity index is 499. The highest BCUT2D eigenvalue weighted by atomic mass is 35.5. The molecule has 0 fully saturated rings. The van der Waals surface area contributed by atoms with Crippen LogP contribution < -0.4 is 5.73 Å². The molecule has 2 aromatic rings. The molecule has 0 saturated carbocycles. The molecule has 1 aromatic heterocycles. The third kappa shape index (κ3) is 2.20. The highest BCUT2D eigenvalue weighted by Gasteiger charge is 2.05. The van der Waals surface area contributed by atoms with E-state index < -0.39 is 0 Å². The second-order valence-corrected chi connectivity index (χ2v) is 3.93. The number of nitrogens with zero attached hydrogens (tertiary/aromatic N) is 2. The van der Waals surface area contributed by atoms with Crippen molar-refractivity contribution in [2.45, 2.75) is 6.42 Å². The number of benzene rings is 1. The fourth-order valence-electron chi connectivity index (χ4n) is 1.35. The molecule has 0 radical (unpaired) electrons. The third-order valence-corrected chi connectivity index (χ3v) is 2.55. The molecule has 15 heavy (non-hydrogen) atoms. The Kier molecular flexibility index (Phi) is 3.05. The summed E-state index contributed by atoms with van der Waals surface area (Å²) in [5.41, 5.74) is 6.19. The Balaban J connectivity index is 2.63. The first kappa shape index (κ1) is 10.6. The van der Waals surface area contributed by atoms with E-state index in [1.54, 1.807) is 12.1 Å². The van der Waals surface area contributed by atoms with Crippen molar-refractivity contribution in [2.24, 2.45) is 5.73 Å². The van der Waals surface area contributed by atoms with Crippen molar-refractivity contribution in [1.29, 1.82) is 0 Å².